The minimum absolute atomic E-state index is 0.304. The number of carboxylic acid groups (broad SMARTS) is 1. The number of aliphatic carboxylic acids is 1. The van der Waals surface area contributed by atoms with Crippen LogP contribution in [0.4, 0.5) is 0 Å². The lowest BCUT2D eigenvalue weighted by atomic mass is 10.1. The first-order valence-electron chi connectivity index (χ1n) is 7.52. The van der Waals surface area contributed by atoms with E-state index in [-0.39, 0.29) is 5.91 Å². The predicted octanol–water partition coefficient (Wildman–Crippen LogP) is 3.17. The predicted molar refractivity (Wildman–Crippen MR) is 84.7 cm³/mol. The molecule has 2 aromatic carbocycles. The SMILES string of the molecule is O=C(O)C1CCCN1C(=O)c1ccccc1Oc1ccccc1. The van der Waals surface area contributed by atoms with Gasteiger partial charge in [-0.2, -0.15) is 0 Å². The highest BCUT2D eigenvalue weighted by molar-refractivity contribution is 5.99. The second-order valence-corrected chi connectivity index (χ2v) is 5.41. The normalized spacial score (nSPS) is 17.0. The van der Waals surface area contributed by atoms with Crippen LogP contribution in [0.2, 0.25) is 0 Å². The molecule has 1 aliphatic heterocycles. The van der Waals surface area contributed by atoms with Crippen LogP contribution in [0.3, 0.4) is 0 Å². The van der Waals surface area contributed by atoms with Crippen molar-refractivity contribution in [3.05, 3.63) is 60.2 Å². The van der Waals surface area contributed by atoms with Crippen molar-refractivity contribution in [2.24, 2.45) is 0 Å². The van der Waals surface area contributed by atoms with E-state index >= 15 is 0 Å². The number of ether oxygens (including phenoxy) is 1. The molecule has 1 atom stereocenters. The molecule has 1 N–H and O–H groups in total. The van der Waals surface area contributed by atoms with Crippen LogP contribution in [0.15, 0.2) is 54.6 Å². The van der Waals surface area contributed by atoms with Crippen molar-refractivity contribution in [3.63, 3.8) is 0 Å². The molecule has 5 heteroatoms. The zero-order chi connectivity index (χ0) is 16.2. The van der Waals surface area contributed by atoms with E-state index in [0.29, 0.717) is 36.4 Å². The van der Waals surface area contributed by atoms with Crippen molar-refractivity contribution in [1.82, 2.24) is 4.90 Å². The van der Waals surface area contributed by atoms with Gasteiger partial charge in [0.2, 0.25) is 0 Å². The molecule has 1 heterocycles. The Kier molecular flexibility index (Phi) is 4.28. The van der Waals surface area contributed by atoms with E-state index in [0.717, 1.165) is 0 Å². The lowest BCUT2D eigenvalue weighted by molar-refractivity contribution is -0.141. The van der Waals surface area contributed by atoms with E-state index in [9.17, 15) is 14.7 Å². The van der Waals surface area contributed by atoms with Crippen LogP contribution < -0.4 is 4.74 Å². The second kappa shape index (κ2) is 6.52. The molecule has 118 valence electrons. The van der Waals surface area contributed by atoms with E-state index in [4.69, 9.17) is 4.74 Å². The molecular weight excluding hydrogens is 294 g/mol. The summed E-state index contributed by atoms with van der Waals surface area (Å²) >= 11 is 0. The zero-order valence-corrected chi connectivity index (χ0v) is 12.5. The highest BCUT2D eigenvalue weighted by Gasteiger charge is 2.35. The van der Waals surface area contributed by atoms with Gasteiger partial charge in [0, 0.05) is 6.54 Å². The molecule has 0 spiro atoms. The summed E-state index contributed by atoms with van der Waals surface area (Å²) in [4.78, 5) is 25.5. The Hall–Kier alpha value is -2.82. The zero-order valence-electron chi connectivity index (χ0n) is 12.5. The first kappa shape index (κ1) is 15.1. The van der Waals surface area contributed by atoms with Gasteiger partial charge in [-0.3, -0.25) is 4.79 Å². The van der Waals surface area contributed by atoms with Crippen molar-refractivity contribution in [3.8, 4) is 11.5 Å². The number of rotatable bonds is 4. The molecule has 1 unspecified atom stereocenters. The quantitative estimate of drug-likeness (QED) is 0.942. The Morgan fingerprint density at radius 1 is 1.04 bits per heavy atom. The minimum atomic E-state index is -0.961. The molecule has 1 saturated heterocycles. The molecule has 0 bridgehead atoms. The number of likely N-dealkylation sites (tertiary alicyclic amines) is 1. The third-order valence-corrected chi connectivity index (χ3v) is 3.89. The first-order chi connectivity index (χ1) is 11.2. The largest absolute Gasteiger partial charge is 0.480 e. The summed E-state index contributed by atoms with van der Waals surface area (Å²) in [6.45, 7) is 0.454. The van der Waals surface area contributed by atoms with Crippen molar-refractivity contribution in [2.75, 3.05) is 6.54 Å². The van der Waals surface area contributed by atoms with Gasteiger partial charge in [-0.05, 0) is 37.1 Å². The van der Waals surface area contributed by atoms with Gasteiger partial charge in [0.1, 0.15) is 17.5 Å². The van der Waals surface area contributed by atoms with Crippen LogP contribution in [0.1, 0.15) is 23.2 Å². The molecule has 2 aromatic rings. The van der Waals surface area contributed by atoms with Gasteiger partial charge in [-0.25, -0.2) is 4.79 Å². The van der Waals surface area contributed by atoms with Crippen LogP contribution in [0.5, 0.6) is 11.5 Å². The number of amides is 1. The molecule has 1 amide bonds. The standard InChI is InChI=1S/C18H17NO4/c20-17(19-12-6-10-15(19)18(21)22)14-9-4-5-11-16(14)23-13-7-2-1-3-8-13/h1-5,7-9,11,15H,6,10,12H2,(H,21,22). The number of benzene rings is 2. The Bertz CT molecular complexity index is 714. The van der Waals surface area contributed by atoms with E-state index in [1.807, 2.05) is 18.2 Å². The molecular formula is C18H17NO4. The fraction of sp³-hybridized carbons (Fsp3) is 0.222. The smallest absolute Gasteiger partial charge is 0.326 e. The average Bonchev–Trinajstić information content (AvgIpc) is 3.06. The number of carbonyl (C=O) groups is 2. The van der Waals surface area contributed by atoms with Gasteiger partial charge < -0.3 is 14.7 Å². The Morgan fingerprint density at radius 3 is 2.48 bits per heavy atom. The molecule has 1 fully saturated rings. The number of para-hydroxylation sites is 2. The van der Waals surface area contributed by atoms with Crippen molar-refractivity contribution in [1.29, 1.82) is 0 Å². The summed E-state index contributed by atoms with van der Waals surface area (Å²) in [5, 5.41) is 9.26. The third-order valence-electron chi connectivity index (χ3n) is 3.89. The van der Waals surface area contributed by atoms with Crippen molar-refractivity contribution in [2.45, 2.75) is 18.9 Å². The van der Waals surface area contributed by atoms with Crippen molar-refractivity contribution >= 4 is 11.9 Å². The number of carbonyl (C=O) groups excluding carboxylic acids is 1. The maximum absolute atomic E-state index is 12.8. The lowest BCUT2D eigenvalue weighted by Gasteiger charge is -2.22. The number of nitrogens with zero attached hydrogens (tertiary/aromatic N) is 1. The Balaban J connectivity index is 1.88. The van der Waals surface area contributed by atoms with Gasteiger partial charge in [-0.1, -0.05) is 30.3 Å². The van der Waals surface area contributed by atoms with E-state index < -0.39 is 12.0 Å². The minimum Gasteiger partial charge on any atom is -0.480 e. The molecule has 0 aromatic heterocycles. The fourth-order valence-corrected chi connectivity index (χ4v) is 2.77. The second-order valence-electron chi connectivity index (χ2n) is 5.41. The lowest BCUT2D eigenvalue weighted by Crippen LogP contribution is -2.40. The van der Waals surface area contributed by atoms with Gasteiger partial charge in [0.15, 0.2) is 0 Å². The van der Waals surface area contributed by atoms with Crippen LogP contribution in [0.25, 0.3) is 0 Å². The Labute approximate surface area is 134 Å². The molecule has 5 nitrogen and oxygen atoms in total. The van der Waals surface area contributed by atoms with Gasteiger partial charge in [-0.15, -0.1) is 0 Å². The highest BCUT2D eigenvalue weighted by atomic mass is 16.5. The van der Waals surface area contributed by atoms with Gasteiger partial charge in [0.05, 0.1) is 5.56 Å². The summed E-state index contributed by atoms with van der Waals surface area (Å²) in [7, 11) is 0. The maximum atomic E-state index is 12.8. The van der Waals surface area contributed by atoms with Crippen molar-refractivity contribution < 1.29 is 19.4 Å². The van der Waals surface area contributed by atoms with Crippen LogP contribution in [-0.2, 0) is 4.79 Å². The summed E-state index contributed by atoms with van der Waals surface area (Å²) < 4.78 is 5.79. The Morgan fingerprint density at radius 2 is 1.74 bits per heavy atom. The fourth-order valence-electron chi connectivity index (χ4n) is 2.77. The van der Waals surface area contributed by atoms with E-state index in [2.05, 4.69) is 0 Å². The third kappa shape index (κ3) is 3.18. The summed E-state index contributed by atoms with van der Waals surface area (Å²) in [6, 6.07) is 15.3. The number of carboxylic acids is 1. The van der Waals surface area contributed by atoms with E-state index in [1.165, 1.54) is 4.90 Å². The van der Waals surface area contributed by atoms with Gasteiger partial charge in [0.25, 0.3) is 5.91 Å². The molecule has 1 aliphatic rings. The molecule has 0 saturated carbocycles. The first-order valence-corrected chi connectivity index (χ1v) is 7.52. The summed E-state index contributed by atoms with van der Waals surface area (Å²) in [6.07, 6.45) is 1.19. The summed E-state index contributed by atoms with van der Waals surface area (Å²) in [5.41, 5.74) is 0.379. The molecule has 3 rings (SSSR count). The molecule has 23 heavy (non-hydrogen) atoms. The van der Waals surface area contributed by atoms with Crippen LogP contribution >= 0.6 is 0 Å². The molecule has 0 radical (unpaired) electrons. The average molecular weight is 311 g/mol. The van der Waals surface area contributed by atoms with Crippen LogP contribution in [-0.4, -0.2) is 34.5 Å². The van der Waals surface area contributed by atoms with Crippen LogP contribution in [0, 0.1) is 0 Å². The van der Waals surface area contributed by atoms with Gasteiger partial charge >= 0.3 is 5.97 Å². The maximum Gasteiger partial charge on any atom is 0.326 e. The number of hydrogen-bond donors (Lipinski definition) is 1. The molecule has 0 aliphatic carbocycles. The topological polar surface area (TPSA) is 66.8 Å². The highest BCUT2D eigenvalue weighted by Crippen LogP contribution is 2.28. The monoisotopic (exact) mass is 311 g/mol. The number of hydrogen-bond acceptors (Lipinski definition) is 3. The summed E-state index contributed by atoms with van der Waals surface area (Å²) in [5.74, 6) is -0.206. The van der Waals surface area contributed by atoms with E-state index in [1.54, 1.807) is 36.4 Å².